The van der Waals surface area contributed by atoms with E-state index in [0.717, 1.165) is 11.8 Å². The van der Waals surface area contributed by atoms with Crippen molar-refractivity contribution in [2.45, 2.75) is 12.5 Å². The van der Waals surface area contributed by atoms with Gasteiger partial charge in [0.05, 0.1) is 0 Å². The van der Waals surface area contributed by atoms with Gasteiger partial charge in [0.15, 0.2) is 0 Å². The molecular weight excluding hydrogens is 156 g/mol. The molecule has 0 aliphatic carbocycles. The van der Waals surface area contributed by atoms with Gasteiger partial charge >= 0.3 is 0 Å². The second-order valence-electron chi connectivity index (χ2n) is 1.49. The van der Waals surface area contributed by atoms with E-state index >= 15 is 0 Å². The Kier molecular flexibility index (Phi) is 4.82. The summed E-state index contributed by atoms with van der Waals surface area (Å²) in [5.74, 6) is 0. The molecule has 4 N–H and O–H groups in total. The van der Waals surface area contributed by atoms with Gasteiger partial charge < -0.3 is 11.5 Å². The number of rotatable bonds is 3. The number of alkyl halides is 1. The monoisotopic (exact) mass is 166 g/mol. The van der Waals surface area contributed by atoms with Crippen molar-refractivity contribution >= 4 is 15.9 Å². The fourth-order valence-corrected chi connectivity index (χ4v) is 0.615. The van der Waals surface area contributed by atoms with E-state index in [4.69, 9.17) is 11.5 Å². The molecule has 0 aliphatic heterocycles. The number of halogens is 1. The van der Waals surface area contributed by atoms with Crippen LogP contribution in [0.2, 0.25) is 0 Å². The van der Waals surface area contributed by atoms with Crippen molar-refractivity contribution < 1.29 is 0 Å². The van der Waals surface area contributed by atoms with Crippen LogP contribution in [0, 0.1) is 0 Å². The lowest BCUT2D eigenvalue weighted by atomic mass is 10.3. The largest absolute Gasteiger partial charge is 0.330 e. The minimum atomic E-state index is 0.241. The zero-order valence-corrected chi connectivity index (χ0v) is 5.82. The van der Waals surface area contributed by atoms with Crippen LogP contribution in [-0.2, 0) is 0 Å². The van der Waals surface area contributed by atoms with Gasteiger partial charge in [-0.25, -0.2) is 0 Å². The number of hydrogen-bond donors (Lipinski definition) is 2. The van der Waals surface area contributed by atoms with E-state index < -0.39 is 0 Å². The van der Waals surface area contributed by atoms with Crippen LogP contribution in [0.3, 0.4) is 0 Å². The third-order valence-electron chi connectivity index (χ3n) is 0.736. The zero-order chi connectivity index (χ0) is 5.70. The first-order valence-corrected chi connectivity index (χ1v) is 3.45. The fraction of sp³-hybridized carbons (Fsp3) is 1.00. The molecule has 0 spiro atoms. The maximum Gasteiger partial charge on any atom is 0.0184 e. The van der Waals surface area contributed by atoms with E-state index in [1.165, 1.54) is 0 Å². The molecule has 0 aliphatic rings. The maximum absolute atomic E-state index is 5.46. The third-order valence-corrected chi connectivity index (χ3v) is 1.57. The van der Waals surface area contributed by atoms with E-state index in [2.05, 4.69) is 15.9 Å². The Morgan fingerprint density at radius 2 is 2.14 bits per heavy atom. The Hall–Kier alpha value is 0.400. The van der Waals surface area contributed by atoms with Crippen LogP contribution in [0.15, 0.2) is 0 Å². The second kappa shape index (κ2) is 4.56. The molecule has 0 aromatic rings. The van der Waals surface area contributed by atoms with E-state index in [9.17, 15) is 0 Å². The van der Waals surface area contributed by atoms with Gasteiger partial charge in [0, 0.05) is 11.4 Å². The smallest absolute Gasteiger partial charge is 0.0184 e. The molecule has 0 aromatic heterocycles. The lowest BCUT2D eigenvalue weighted by Crippen LogP contribution is -2.24. The summed E-state index contributed by atoms with van der Waals surface area (Å²) in [6.45, 7) is 0.687. The highest BCUT2D eigenvalue weighted by Gasteiger charge is 1.94. The molecule has 0 rings (SSSR count). The van der Waals surface area contributed by atoms with Gasteiger partial charge in [0.25, 0.3) is 0 Å². The Labute approximate surface area is 52.4 Å². The molecule has 44 valence electrons. The molecule has 2 nitrogen and oxygen atoms in total. The van der Waals surface area contributed by atoms with Crippen molar-refractivity contribution in [1.29, 1.82) is 0 Å². The topological polar surface area (TPSA) is 52.0 Å². The first kappa shape index (κ1) is 7.40. The van der Waals surface area contributed by atoms with E-state index in [1.807, 2.05) is 0 Å². The summed E-state index contributed by atoms with van der Waals surface area (Å²) in [4.78, 5) is 0. The molecule has 0 amide bonds. The quantitative estimate of drug-likeness (QED) is 0.584. The summed E-state index contributed by atoms with van der Waals surface area (Å²) in [5, 5.41) is 0.851. The van der Waals surface area contributed by atoms with Gasteiger partial charge in [-0.2, -0.15) is 0 Å². The predicted octanol–water partition coefficient (Wildman–Crippen LogP) is 0.0574. The van der Waals surface area contributed by atoms with Crippen molar-refractivity contribution in [3.8, 4) is 0 Å². The molecule has 0 bridgehead atoms. The fourth-order valence-electron chi connectivity index (χ4n) is 0.291. The molecule has 3 heteroatoms. The highest BCUT2D eigenvalue weighted by Crippen LogP contribution is 1.89. The van der Waals surface area contributed by atoms with Crippen LogP contribution in [0.1, 0.15) is 6.42 Å². The minimum Gasteiger partial charge on any atom is -0.330 e. The molecular formula is C4H11BrN2. The molecule has 1 atom stereocenters. The van der Waals surface area contributed by atoms with Crippen molar-refractivity contribution in [2.75, 3.05) is 11.9 Å². The van der Waals surface area contributed by atoms with Crippen LogP contribution in [-0.4, -0.2) is 17.9 Å². The van der Waals surface area contributed by atoms with Gasteiger partial charge in [-0.15, -0.1) is 0 Å². The Bertz CT molecular complexity index is 40.7. The molecule has 1 unspecified atom stereocenters. The predicted molar refractivity (Wildman–Crippen MR) is 35.4 cm³/mol. The summed E-state index contributed by atoms with van der Waals surface area (Å²) < 4.78 is 0. The maximum atomic E-state index is 5.46. The van der Waals surface area contributed by atoms with Crippen molar-refractivity contribution in [2.24, 2.45) is 11.5 Å². The normalized spacial score (nSPS) is 14.1. The first-order valence-electron chi connectivity index (χ1n) is 2.33. The second-order valence-corrected chi connectivity index (χ2v) is 2.14. The standard InChI is InChI=1S/C4H11BrN2/c5-3-4(7)1-2-6/h4H,1-3,6-7H2. The SMILES string of the molecule is NCCC(N)CBr. The van der Waals surface area contributed by atoms with Crippen molar-refractivity contribution in [3.63, 3.8) is 0 Å². The van der Waals surface area contributed by atoms with Crippen molar-refractivity contribution in [1.82, 2.24) is 0 Å². The van der Waals surface area contributed by atoms with Crippen LogP contribution in [0.25, 0.3) is 0 Å². The molecule has 0 aromatic carbocycles. The molecule has 7 heavy (non-hydrogen) atoms. The van der Waals surface area contributed by atoms with Gasteiger partial charge in [-0.3, -0.25) is 0 Å². The summed E-state index contributed by atoms with van der Waals surface area (Å²) >= 11 is 3.24. The van der Waals surface area contributed by atoms with Gasteiger partial charge in [0.1, 0.15) is 0 Å². The molecule has 0 saturated heterocycles. The lowest BCUT2D eigenvalue weighted by Gasteiger charge is -2.01. The minimum absolute atomic E-state index is 0.241. The van der Waals surface area contributed by atoms with Crippen LogP contribution in [0.4, 0.5) is 0 Å². The molecule has 0 radical (unpaired) electrons. The van der Waals surface area contributed by atoms with E-state index in [1.54, 1.807) is 0 Å². The van der Waals surface area contributed by atoms with Crippen LogP contribution < -0.4 is 11.5 Å². The molecule has 0 fully saturated rings. The highest BCUT2D eigenvalue weighted by molar-refractivity contribution is 9.09. The highest BCUT2D eigenvalue weighted by atomic mass is 79.9. The molecule has 0 saturated carbocycles. The van der Waals surface area contributed by atoms with Gasteiger partial charge in [-0.05, 0) is 13.0 Å². The summed E-state index contributed by atoms with van der Waals surface area (Å²) in [6.07, 6.45) is 0.908. The number of nitrogens with two attached hydrogens (primary N) is 2. The van der Waals surface area contributed by atoms with Gasteiger partial charge in [-0.1, -0.05) is 15.9 Å². The summed E-state index contributed by atoms with van der Waals surface area (Å²) in [5.41, 5.74) is 10.7. The van der Waals surface area contributed by atoms with Crippen molar-refractivity contribution in [3.05, 3.63) is 0 Å². The van der Waals surface area contributed by atoms with E-state index in [-0.39, 0.29) is 6.04 Å². The summed E-state index contributed by atoms with van der Waals surface area (Å²) in [7, 11) is 0. The first-order chi connectivity index (χ1) is 3.31. The number of hydrogen-bond acceptors (Lipinski definition) is 2. The van der Waals surface area contributed by atoms with Crippen LogP contribution in [0.5, 0.6) is 0 Å². The van der Waals surface area contributed by atoms with Crippen LogP contribution >= 0.6 is 15.9 Å². The molecule has 0 heterocycles. The summed E-state index contributed by atoms with van der Waals surface area (Å²) in [6, 6.07) is 0.241. The lowest BCUT2D eigenvalue weighted by molar-refractivity contribution is 0.688. The third kappa shape index (κ3) is 4.25. The van der Waals surface area contributed by atoms with E-state index in [0.29, 0.717) is 6.54 Å². The Morgan fingerprint density at radius 3 is 2.29 bits per heavy atom. The zero-order valence-electron chi connectivity index (χ0n) is 4.23. The average Bonchev–Trinajstić information content (AvgIpc) is 1.68. The average molecular weight is 167 g/mol. The van der Waals surface area contributed by atoms with Gasteiger partial charge in [0.2, 0.25) is 0 Å². The Balaban J connectivity index is 2.83. The Morgan fingerprint density at radius 1 is 1.57 bits per heavy atom.